The highest BCUT2D eigenvalue weighted by Gasteiger charge is 2.21. The Morgan fingerprint density at radius 3 is 2.85 bits per heavy atom. The van der Waals surface area contributed by atoms with E-state index in [4.69, 9.17) is 4.52 Å². The van der Waals surface area contributed by atoms with Gasteiger partial charge in [-0.1, -0.05) is 16.5 Å². The van der Waals surface area contributed by atoms with E-state index >= 15 is 0 Å². The molecular formula is C12H17N5O2S. The van der Waals surface area contributed by atoms with E-state index in [-0.39, 0.29) is 11.9 Å². The zero-order valence-corrected chi connectivity index (χ0v) is 12.7. The van der Waals surface area contributed by atoms with Gasteiger partial charge in [0.05, 0.1) is 11.7 Å². The Kier molecular flexibility index (Phi) is 4.46. The molecule has 2 aromatic rings. The second kappa shape index (κ2) is 6.10. The van der Waals surface area contributed by atoms with Crippen molar-refractivity contribution in [2.75, 3.05) is 12.4 Å². The van der Waals surface area contributed by atoms with Crippen LogP contribution in [-0.4, -0.2) is 39.3 Å². The third-order valence-electron chi connectivity index (χ3n) is 3.22. The number of likely N-dealkylation sites (N-methyl/N-ethyl adjacent to an activating group) is 1. The van der Waals surface area contributed by atoms with E-state index in [9.17, 15) is 4.79 Å². The standard InChI is InChI=1S/C12H17N5O2S/c1-7-10(9(3)19-16-7)5-17(4)8(2)11(18)14-12-15-13-6-20-12/h6,8H,5H2,1-4H3,(H,14,15,18). The van der Waals surface area contributed by atoms with Gasteiger partial charge in [-0.05, 0) is 27.8 Å². The Labute approximate surface area is 121 Å². The SMILES string of the molecule is Cc1noc(C)c1CN(C)C(C)C(=O)Nc1nncs1. The second-order valence-electron chi connectivity index (χ2n) is 4.63. The van der Waals surface area contributed by atoms with Crippen LogP contribution < -0.4 is 5.32 Å². The summed E-state index contributed by atoms with van der Waals surface area (Å²) < 4.78 is 5.13. The van der Waals surface area contributed by atoms with Crippen molar-refractivity contribution >= 4 is 22.4 Å². The molecule has 0 saturated heterocycles. The molecule has 0 saturated carbocycles. The number of carbonyl (C=O) groups excluding carboxylic acids is 1. The lowest BCUT2D eigenvalue weighted by molar-refractivity contribution is -0.120. The number of amides is 1. The molecule has 0 radical (unpaired) electrons. The molecule has 8 heteroatoms. The van der Waals surface area contributed by atoms with Crippen LogP contribution in [0.2, 0.25) is 0 Å². The smallest absolute Gasteiger partial charge is 0.243 e. The summed E-state index contributed by atoms with van der Waals surface area (Å²) in [4.78, 5) is 14.0. The average molecular weight is 295 g/mol. The summed E-state index contributed by atoms with van der Waals surface area (Å²) >= 11 is 1.29. The largest absolute Gasteiger partial charge is 0.361 e. The summed E-state index contributed by atoms with van der Waals surface area (Å²) in [6.07, 6.45) is 0. The maximum absolute atomic E-state index is 12.1. The third-order valence-corrected chi connectivity index (χ3v) is 3.83. The van der Waals surface area contributed by atoms with Crippen LogP contribution in [0.25, 0.3) is 0 Å². The van der Waals surface area contributed by atoms with E-state index < -0.39 is 0 Å². The monoisotopic (exact) mass is 295 g/mol. The van der Waals surface area contributed by atoms with Gasteiger partial charge in [-0.25, -0.2) is 0 Å². The lowest BCUT2D eigenvalue weighted by Gasteiger charge is -2.23. The van der Waals surface area contributed by atoms with Gasteiger partial charge in [0.1, 0.15) is 11.3 Å². The molecule has 0 fully saturated rings. The highest BCUT2D eigenvalue weighted by Crippen LogP contribution is 2.16. The van der Waals surface area contributed by atoms with Crippen LogP contribution in [0.5, 0.6) is 0 Å². The van der Waals surface area contributed by atoms with Crippen molar-refractivity contribution in [3.8, 4) is 0 Å². The van der Waals surface area contributed by atoms with Gasteiger partial charge in [0.2, 0.25) is 11.0 Å². The van der Waals surface area contributed by atoms with Crippen molar-refractivity contribution in [3.05, 3.63) is 22.5 Å². The minimum atomic E-state index is -0.299. The average Bonchev–Trinajstić information content (AvgIpc) is 3.02. The zero-order chi connectivity index (χ0) is 14.7. The number of aryl methyl sites for hydroxylation is 2. The van der Waals surface area contributed by atoms with Crippen LogP contribution in [0.4, 0.5) is 5.13 Å². The Hall–Kier alpha value is -1.80. The number of nitrogens with zero attached hydrogens (tertiary/aromatic N) is 4. The maximum atomic E-state index is 12.1. The number of anilines is 1. The first-order valence-corrected chi connectivity index (χ1v) is 7.06. The van der Waals surface area contributed by atoms with Crippen molar-refractivity contribution in [1.29, 1.82) is 0 Å². The molecule has 2 aromatic heterocycles. The molecule has 0 aliphatic rings. The molecule has 7 nitrogen and oxygen atoms in total. The van der Waals surface area contributed by atoms with Gasteiger partial charge in [0.25, 0.3) is 0 Å². The molecule has 108 valence electrons. The Bertz CT molecular complexity index is 561. The van der Waals surface area contributed by atoms with Crippen molar-refractivity contribution in [1.82, 2.24) is 20.3 Å². The normalized spacial score (nSPS) is 12.7. The predicted molar refractivity (Wildman–Crippen MR) is 75.4 cm³/mol. The van der Waals surface area contributed by atoms with Crippen molar-refractivity contribution < 1.29 is 9.32 Å². The summed E-state index contributed by atoms with van der Waals surface area (Å²) in [5.41, 5.74) is 3.45. The first kappa shape index (κ1) is 14.6. The fourth-order valence-corrected chi connectivity index (χ4v) is 2.20. The Balaban J connectivity index is 1.98. The second-order valence-corrected chi connectivity index (χ2v) is 5.46. The third kappa shape index (κ3) is 3.20. The predicted octanol–water partition coefficient (Wildman–Crippen LogP) is 1.60. The number of rotatable bonds is 5. The van der Waals surface area contributed by atoms with Gasteiger partial charge in [0, 0.05) is 12.1 Å². The van der Waals surface area contributed by atoms with E-state index in [1.807, 2.05) is 32.7 Å². The van der Waals surface area contributed by atoms with Crippen LogP contribution in [0.3, 0.4) is 0 Å². The number of nitrogens with one attached hydrogen (secondary N) is 1. The molecular weight excluding hydrogens is 278 g/mol. The molecule has 20 heavy (non-hydrogen) atoms. The van der Waals surface area contributed by atoms with Gasteiger partial charge >= 0.3 is 0 Å². The fraction of sp³-hybridized carbons (Fsp3) is 0.500. The van der Waals surface area contributed by atoms with Gasteiger partial charge in [-0.15, -0.1) is 10.2 Å². The molecule has 2 rings (SSSR count). The molecule has 0 aliphatic carbocycles. The number of hydrogen-bond acceptors (Lipinski definition) is 7. The highest BCUT2D eigenvalue weighted by molar-refractivity contribution is 7.13. The molecule has 1 N–H and O–H groups in total. The van der Waals surface area contributed by atoms with E-state index in [1.165, 1.54) is 11.3 Å². The highest BCUT2D eigenvalue weighted by atomic mass is 32.1. The molecule has 0 bridgehead atoms. The summed E-state index contributed by atoms with van der Waals surface area (Å²) in [6.45, 7) is 6.21. The van der Waals surface area contributed by atoms with Crippen LogP contribution in [0.1, 0.15) is 23.9 Å². The lowest BCUT2D eigenvalue weighted by Crippen LogP contribution is -2.39. The first-order valence-electron chi connectivity index (χ1n) is 6.18. The maximum Gasteiger partial charge on any atom is 0.243 e. The van der Waals surface area contributed by atoms with Gasteiger partial charge in [-0.3, -0.25) is 15.0 Å². The van der Waals surface area contributed by atoms with Crippen LogP contribution in [0, 0.1) is 13.8 Å². The fourth-order valence-electron chi connectivity index (χ4n) is 1.75. The van der Waals surface area contributed by atoms with Gasteiger partial charge < -0.3 is 4.52 Å². The molecule has 0 aliphatic heterocycles. The van der Waals surface area contributed by atoms with Crippen LogP contribution in [-0.2, 0) is 11.3 Å². The Morgan fingerprint density at radius 2 is 2.30 bits per heavy atom. The van der Waals surface area contributed by atoms with E-state index in [0.717, 1.165) is 17.0 Å². The minimum Gasteiger partial charge on any atom is -0.361 e. The minimum absolute atomic E-state index is 0.115. The number of carbonyl (C=O) groups is 1. The number of aromatic nitrogens is 3. The summed E-state index contributed by atoms with van der Waals surface area (Å²) in [5.74, 6) is 0.669. The molecule has 1 atom stereocenters. The first-order chi connectivity index (χ1) is 9.49. The van der Waals surface area contributed by atoms with Gasteiger partial charge in [-0.2, -0.15) is 0 Å². The van der Waals surface area contributed by atoms with Crippen molar-refractivity contribution in [3.63, 3.8) is 0 Å². The molecule has 0 spiro atoms. The Morgan fingerprint density at radius 1 is 1.55 bits per heavy atom. The molecule has 1 amide bonds. The number of hydrogen-bond donors (Lipinski definition) is 1. The van der Waals surface area contributed by atoms with Crippen molar-refractivity contribution in [2.24, 2.45) is 0 Å². The summed E-state index contributed by atoms with van der Waals surface area (Å²) in [5, 5.41) is 14.6. The molecule has 1 unspecified atom stereocenters. The lowest BCUT2D eigenvalue weighted by atomic mass is 10.1. The summed E-state index contributed by atoms with van der Waals surface area (Å²) in [6, 6.07) is -0.299. The topological polar surface area (TPSA) is 84.2 Å². The quantitative estimate of drug-likeness (QED) is 0.902. The summed E-state index contributed by atoms with van der Waals surface area (Å²) in [7, 11) is 1.89. The molecule has 2 heterocycles. The van der Waals surface area contributed by atoms with E-state index in [1.54, 1.807) is 5.51 Å². The zero-order valence-electron chi connectivity index (χ0n) is 11.9. The van der Waals surface area contributed by atoms with E-state index in [0.29, 0.717) is 11.7 Å². The van der Waals surface area contributed by atoms with Crippen LogP contribution in [0.15, 0.2) is 10.0 Å². The van der Waals surface area contributed by atoms with Crippen LogP contribution >= 0.6 is 11.3 Å². The van der Waals surface area contributed by atoms with Gasteiger partial charge in [0.15, 0.2) is 0 Å². The molecule has 0 aromatic carbocycles. The van der Waals surface area contributed by atoms with E-state index in [2.05, 4.69) is 20.7 Å². The van der Waals surface area contributed by atoms with Crippen molar-refractivity contribution in [2.45, 2.75) is 33.4 Å².